The second kappa shape index (κ2) is 7.31. The van der Waals surface area contributed by atoms with E-state index in [1.54, 1.807) is 13.2 Å². The van der Waals surface area contributed by atoms with Crippen LogP contribution >= 0.6 is 0 Å². The van der Waals surface area contributed by atoms with Crippen molar-refractivity contribution in [2.45, 2.75) is 6.04 Å². The monoisotopic (exact) mass is 285 g/mol. The van der Waals surface area contributed by atoms with Crippen LogP contribution in [0.5, 0.6) is 0 Å². The lowest BCUT2D eigenvalue weighted by Crippen LogP contribution is -2.19. The molecular weight excluding hydrogens is 266 g/mol. The molecule has 1 atom stereocenters. The maximum atomic E-state index is 10.9. The van der Waals surface area contributed by atoms with Crippen molar-refractivity contribution < 1.29 is 9.53 Å². The molecule has 0 saturated carbocycles. The minimum Gasteiger partial charge on any atom is -0.382 e. The fraction of sp³-hybridized carbons (Fsp3) is 0.188. The molecule has 0 aromatic heterocycles. The Bertz CT molecular complexity index is 587. The highest BCUT2D eigenvalue weighted by Gasteiger charge is 2.11. The van der Waals surface area contributed by atoms with Gasteiger partial charge in [-0.05, 0) is 23.8 Å². The second-order valence-electron chi connectivity index (χ2n) is 4.63. The van der Waals surface area contributed by atoms with E-state index < -0.39 is 6.03 Å². The molecule has 1 unspecified atom stereocenters. The lowest BCUT2D eigenvalue weighted by atomic mass is 10.1. The molecule has 2 aromatic rings. The number of methoxy groups -OCH3 is 1. The number of hydrogen-bond acceptors (Lipinski definition) is 3. The molecular formula is C16H19N3O2. The number of urea groups is 1. The van der Waals surface area contributed by atoms with E-state index in [1.165, 1.54) is 0 Å². The Kier molecular flexibility index (Phi) is 5.17. The molecule has 21 heavy (non-hydrogen) atoms. The summed E-state index contributed by atoms with van der Waals surface area (Å²) in [4.78, 5) is 10.9. The number of benzene rings is 2. The lowest BCUT2D eigenvalue weighted by molar-refractivity contribution is 0.186. The van der Waals surface area contributed by atoms with Gasteiger partial charge < -0.3 is 21.1 Å². The van der Waals surface area contributed by atoms with Crippen molar-refractivity contribution in [1.82, 2.24) is 0 Å². The van der Waals surface area contributed by atoms with Crippen LogP contribution in [0.1, 0.15) is 11.6 Å². The van der Waals surface area contributed by atoms with Gasteiger partial charge in [0.1, 0.15) is 0 Å². The summed E-state index contributed by atoms with van der Waals surface area (Å²) in [7, 11) is 1.67. The molecule has 2 rings (SSSR count). The van der Waals surface area contributed by atoms with Crippen molar-refractivity contribution in [3.8, 4) is 0 Å². The minimum absolute atomic E-state index is 0.0278. The van der Waals surface area contributed by atoms with Gasteiger partial charge in [-0.3, -0.25) is 0 Å². The standard InChI is InChI=1S/C16H19N3O2/c1-21-11-15(12-6-3-2-4-7-12)18-13-8-5-9-14(10-13)19-16(17)20/h2-10,15,18H,11H2,1H3,(H3,17,19,20). The van der Waals surface area contributed by atoms with Crippen LogP contribution in [0.4, 0.5) is 16.2 Å². The van der Waals surface area contributed by atoms with Crippen molar-refractivity contribution in [3.05, 3.63) is 60.2 Å². The van der Waals surface area contributed by atoms with Gasteiger partial charge in [0, 0.05) is 18.5 Å². The highest BCUT2D eigenvalue weighted by Crippen LogP contribution is 2.22. The Morgan fingerprint density at radius 3 is 2.52 bits per heavy atom. The smallest absolute Gasteiger partial charge is 0.316 e. The summed E-state index contributed by atoms with van der Waals surface area (Å²) < 4.78 is 5.27. The van der Waals surface area contributed by atoms with E-state index in [0.717, 1.165) is 11.3 Å². The topological polar surface area (TPSA) is 76.4 Å². The van der Waals surface area contributed by atoms with Gasteiger partial charge in [0.25, 0.3) is 0 Å². The number of anilines is 2. The van der Waals surface area contributed by atoms with E-state index in [-0.39, 0.29) is 6.04 Å². The van der Waals surface area contributed by atoms with Crippen LogP contribution in [0.2, 0.25) is 0 Å². The van der Waals surface area contributed by atoms with Crippen LogP contribution in [0.25, 0.3) is 0 Å². The molecule has 0 heterocycles. The van der Waals surface area contributed by atoms with Crippen LogP contribution in [0.3, 0.4) is 0 Å². The van der Waals surface area contributed by atoms with E-state index in [0.29, 0.717) is 12.3 Å². The quantitative estimate of drug-likeness (QED) is 0.763. The number of primary amides is 1. The van der Waals surface area contributed by atoms with Crippen LogP contribution < -0.4 is 16.4 Å². The number of amides is 2. The molecule has 5 nitrogen and oxygen atoms in total. The van der Waals surface area contributed by atoms with Gasteiger partial charge >= 0.3 is 6.03 Å². The first-order valence-electron chi connectivity index (χ1n) is 6.66. The van der Waals surface area contributed by atoms with Gasteiger partial charge in [0.05, 0.1) is 12.6 Å². The van der Waals surface area contributed by atoms with E-state index >= 15 is 0 Å². The molecule has 5 heteroatoms. The van der Waals surface area contributed by atoms with Crippen LogP contribution in [-0.4, -0.2) is 19.7 Å². The third-order valence-electron chi connectivity index (χ3n) is 3.01. The van der Waals surface area contributed by atoms with Gasteiger partial charge in [0.15, 0.2) is 0 Å². The Morgan fingerprint density at radius 1 is 1.14 bits per heavy atom. The maximum absolute atomic E-state index is 10.9. The number of nitrogens with two attached hydrogens (primary N) is 1. The van der Waals surface area contributed by atoms with Crippen LogP contribution in [0, 0.1) is 0 Å². The molecule has 0 aliphatic heterocycles. The summed E-state index contributed by atoms with van der Waals surface area (Å²) in [6.07, 6.45) is 0. The predicted molar refractivity (Wildman–Crippen MR) is 84.3 cm³/mol. The van der Waals surface area contributed by atoms with E-state index in [1.807, 2.05) is 48.5 Å². The number of carbonyl (C=O) groups excluding carboxylic acids is 1. The number of nitrogens with one attached hydrogen (secondary N) is 2. The average molecular weight is 285 g/mol. The Labute approximate surface area is 124 Å². The average Bonchev–Trinajstić information content (AvgIpc) is 2.47. The van der Waals surface area contributed by atoms with E-state index in [4.69, 9.17) is 10.5 Å². The Hall–Kier alpha value is -2.53. The van der Waals surface area contributed by atoms with Crippen molar-refractivity contribution in [2.24, 2.45) is 5.73 Å². The van der Waals surface area contributed by atoms with Crippen molar-refractivity contribution >= 4 is 17.4 Å². The Morgan fingerprint density at radius 2 is 1.86 bits per heavy atom. The third-order valence-corrected chi connectivity index (χ3v) is 3.01. The molecule has 0 radical (unpaired) electrons. The molecule has 4 N–H and O–H groups in total. The zero-order valence-corrected chi connectivity index (χ0v) is 11.9. The number of hydrogen-bond donors (Lipinski definition) is 3. The lowest BCUT2D eigenvalue weighted by Gasteiger charge is -2.20. The largest absolute Gasteiger partial charge is 0.382 e. The zero-order valence-electron chi connectivity index (χ0n) is 11.9. The second-order valence-corrected chi connectivity index (χ2v) is 4.63. The molecule has 0 aliphatic rings. The predicted octanol–water partition coefficient (Wildman–Crippen LogP) is 2.98. The summed E-state index contributed by atoms with van der Waals surface area (Å²) in [5.41, 5.74) is 7.79. The fourth-order valence-electron chi connectivity index (χ4n) is 2.10. The van der Waals surface area contributed by atoms with E-state index in [9.17, 15) is 4.79 Å². The third kappa shape index (κ3) is 4.50. The molecule has 2 aromatic carbocycles. The number of rotatable bonds is 6. The summed E-state index contributed by atoms with van der Waals surface area (Å²) in [6.45, 7) is 0.539. The summed E-state index contributed by atoms with van der Waals surface area (Å²) in [5.74, 6) is 0. The highest BCUT2D eigenvalue weighted by molar-refractivity contribution is 5.88. The normalized spacial score (nSPS) is 11.7. The summed E-state index contributed by atoms with van der Waals surface area (Å²) >= 11 is 0. The molecule has 0 bridgehead atoms. The zero-order chi connectivity index (χ0) is 15.1. The number of ether oxygens (including phenoxy) is 1. The van der Waals surface area contributed by atoms with Crippen molar-refractivity contribution in [3.63, 3.8) is 0 Å². The summed E-state index contributed by atoms with van der Waals surface area (Å²) in [6, 6.07) is 16.9. The van der Waals surface area contributed by atoms with Crippen LogP contribution in [0.15, 0.2) is 54.6 Å². The SMILES string of the molecule is COCC(Nc1cccc(NC(N)=O)c1)c1ccccc1. The molecule has 0 saturated heterocycles. The van der Waals surface area contributed by atoms with Gasteiger partial charge in [-0.25, -0.2) is 4.79 Å². The van der Waals surface area contributed by atoms with Gasteiger partial charge in [-0.1, -0.05) is 36.4 Å². The number of carbonyl (C=O) groups is 1. The van der Waals surface area contributed by atoms with Crippen molar-refractivity contribution in [1.29, 1.82) is 0 Å². The van der Waals surface area contributed by atoms with Gasteiger partial charge in [-0.2, -0.15) is 0 Å². The maximum Gasteiger partial charge on any atom is 0.316 e. The molecule has 2 amide bonds. The molecule has 0 aliphatic carbocycles. The first-order valence-corrected chi connectivity index (χ1v) is 6.66. The fourth-order valence-corrected chi connectivity index (χ4v) is 2.10. The van der Waals surface area contributed by atoms with Crippen molar-refractivity contribution in [2.75, 3.05) is 24.4 Å². The van der Waals surface area contributed by atoms with Gasteiger partial charge in [0.2, 0.25) is 0 Å². The van der Waals surface area contributed by atoms with Crippen LogP contribution in [-0.2, 0) is 4.74 Å². The molecule has 0 fully saturated rings. The first kappa shape index (κ1) is 14.9. The minimum atomic E-state index is -0.580. The van der Waals surface area contributed by atoms with Gasteiger partial charge in [-0.15, -0.1) is 0 Å². The molecule has 0 spiro atoms. The van der Waals surface area contributed by atoms with E-state index in [2.05, 4.69) is 10.6 Å². The summed E-state index contributed by atoms with van der Waals surface area (Å²) in [5, 5.41) is 5.95. The molecule has 110 valence electrons. The first-order chi connectivity index (χ1) is 10.2. The Balaban J connectivity index is 2.15. The highest BCUT2D eigenvalue weighted by atomic mass is 16.5.